The molecule has 0 N–H and O–H groups in total. The average molecular weight is 462 g/mol. The van der Waals surface area contributed by atoms with Gasteiger partial charge in [0.05, 0.1) is 19.0 Å². The molecule has 7 nitrogen and oxygen atoms in total. The van der Waals surface area contributed by atoms with Gasteiger partial charge in [-0.15, -0.1) is 0 Å². The first-order valence-electron chi connectivity index (χ1n) is 11.1. The van der Waals surface area contributed by atoms with Crippen LogP contribution in [-0.2, 0) is 0 Å². The van der Waals surface area contributed by atoms with E-state index in [-0.39, 0.29) is 5.91 Å². The van der Waals surface area contributed by atoms with Crippen LogP contribution in [-0.4, -0.2) is 70.6 Å². The molecule has 33 heavy (non-hydrogen) atoms. The summed E-state index contributed by atoms with van der Waals surface area (Å²) in [4.78, 5) is 22.5. The van der Waals surface area contributed by atoms with Gasteiger partial charge in [0.1, 0.15) is 10.8 Å². The summed E-state index contributed by atoms with van der Waals surface area (Å²) < 4.78 is 7.12. The van der Waals surface area contributed by atoms with E-state index in [0.29, 0.717) is 6.04 Å². The molecule has 0 spiro atoms. The summed E-state index contributed by atoms with van der Waals surface area (Å²) in [6.45, 7) is 1.61. The van der Waals surface area contributed by atoms with Gasteiger partial charge in [-0.25, -0.2) is 9.50 Å². The second kappa shape index (κ2) is 8.96. The van der Waals surface area contributed by atoms with Gasteiger partial charge in [-0.2, -0.15) is 5.10 Å². The number of fused-ring (bicyclic) bond motifs is 1. The Hall–Kier alpha value is -3.23. The number of piperidine rings is 1. The number of nitrogens with zero attached hydrogens (tertiary/aromatic N) is 5. The number of methoxy groups -OCH3 is 1. The maximum Gasteiger partial charge on any atom is 0.253 e. The van der Waals surface area contributed by atoms with Gasteiger partial charge >= 0.3 is 0 Å². The van der Waals surface area contributed by atoms with Crippen LogP contribution in [0.4, 0.5) is 0 Å². The highest BCUT2D eigenvalue weighted by atomic mass is 32.1. The molecule has 4 aromatic rings. The van der Waals surface area contributed by atoms with Crippen molar-refractivity contribution >= 4 is 22.2 Å². The molecule has 8 heteroatoms. The highest BCUT2D eigenvalue weighted by Gasteiger charge is 2.24. The predicted molar refractivity (Wildman–Crippen MR) is 131 cm³/mol. The Morgan fingerprint density at radius 1 is 1.03 bits per heavy atom. The van der Waals surface area contributed by atoms with Gasteiger partial charge in [-0.1, -0.05) is 23.5 Å². The van der Waals surface area contributed by atoms with Gasteiger partial charge in [0, 0.05) is 35.8 Å². The summed E-state index contributed by atoms with van der Waals surface area (Å²) in [5.74, 6) is 0.921. The molecule has 1 fully saturated rings. The zero-order valence-corrected chi connectivity index (χ0v) is 19.9. The quantitative estimate of drug-likeness (QED) is 0.443. The second-order valence-corrected chi connectivity index (χ2v) is 9.49. The molecule has 0 aliphatic carbocycles. The van der Waals surface area contributed by atoms with Gasteiger partial charge < -0.3 is 14.5 Å². The van der Waals surface area contributed by atoms with Crippen molar-refractivity contribution in [2.24, 2.45) is 0 Å². The molecule has 1 aliphatic heterocycles. The van der Waals surface area contributed by atoms with Crippen LogP contribution in [0.1, 0.15) is 23.2 Å². The smallest absolute Gasteiger partial charge is 0.253 e. The van der Waals surface area contributed by atoms with Gasteiger partial charge in [-0.05, 0) is 63.3 Å². The van der Waals surface area contributed by atoms with Crippen LogP contribution in [0.5, 0.6) is 5.75 Å². The van der Waals surface area contributed by atoms with Crippen molar-refractivity contribution in [3.05, 3.63) is 60.3 Å². The molecule has 1 saturated heterocycles. The summed E-state index contributed by atoms with van der Waals surface area (Å²) in [5, 5.41) is 5.67. The molecule has 1 amide bonds. The van der Waals surface area contributed by atoms with Crippen LogP contribution in [0, 0.1) is 0 Å². The first kappa shape index (κ1) is 21.6. The fourth-order valence-corrected chi connectivity index (χ4v) is 5.17. The van der Waals surface area contributed by atoms with E-state index in [9.17, 15) is 4.79 Å². The van der Waals surface area contributed by atoms with Gasteiger partial charge in [0.25, 0.3) is 5.91 Å². The van der Waals surface area contributed by atoms with E-state index in [1.54, 1.807) is 7.11 Å². The van der Waals surface area contributed by atoms with Crippen molar-refractivity contribution in [1.82, 2.24) is 24.4 Å². The SMILES string of the molecule is COc1ccc(-c2cnc3sc(-c4ccc(C(=O)N5CCC(N(C)C)CC5)cc4)nn23)cc1. The lowest BCUT2D eigenvalue weighted by Gasteiger charge is -2.35. The highest BCUT2D eigenvalue weighted by molar-refractivity contribution is 7.19. The zero-order valence-electron chi connectivity index (χ0n) is 19.1. The molecule has 170 valence electrons. The molecule has 1 aliphatic rings. The number of hydrogen-bond acceptors (Lipinski definition) is 6. The zero-order chi connectivity index (χ0) is 22.9. The molecule has 0 unspecified atom stereocenters. The minimum Gasteiger partial charge on any atom is -0.497 e. The summed E-state index contributed by atoms with van der Waals surface area (Å²) >= 11 is 1.53. The molecular weight excluding hydrogens is 434 g/mol. The topological polar surface area (TPSA) is 63.0 Å². The minimum absolute atomic E-state index is 0.106. The average Bonchev–Trinajstić information content (AvgIpc) is 3.45. The van der Waals surface area contributed by atoms with Crippen LogP contribution in [0.3, 0.4) is 0 Å². The highest BCUT2D eigenvalue weighted by Crippen LogP contribution is 2.30. The Balaban J connectivity index is 1.33. The van der Waals surface area contributed by atoms with Crippen LogP contribution < -0.4 is 4.74 Å². The number of hydrogen-bond donors (Lipinski definition) is 0. The number of benzene rings is 2. The Labute approximate surface area is 197 Å². The third kappa shape index (κ3) is 4.24. The molecule has 0 radical (unpaired) electrons. The van der Waals surface area contributed by atoms with Crippen molar-refractivity contribution in [2.45, 2.75) is 18.9 Å². The first-order valence-corrected chi connectivity index (χ1v) is 11.9. The van der Waals surface area contributed by atoms with E-state index < -0.39 is 0 Å². The Bertz CT molecular complexity index is 1250. The third-order valence-corrected chi connectivity index (χ3v) is 7.30. The van der Waals surface area contributed by atoms with E-state index in [1.807, 2.05) is 64.1 Å². The number of imidazole rings is 1. The minimum atomic E-state index is 0.106. The maximum absolute atomic E-state index is 12.9. The van der Waals surface area contributed by atoms with Gasteiger partial charge in [-0.3, -0.25) is 4.79 Å². The van der Waals surface area contributed by atoms with Crippen molar-refractivity contribution in [1.29, 1.82) is 0 Å². The van der Waals surface area contributed by atoms with Gasteiger partial charge in [0.15, 0.2) is 0 Å². The van der Waals surface area contributed by atoms with Crippen LogP contribution in [0.2, 0.25) is 0 Å². The van der Waals surface area contributed by atoms with Crippen molar-refractivity contribution in [3.63, 3.8) is 0 Å². The number of rotatable bonds is 5. The fourth-order valence-electron chi connectivity index (χ4n) is 4.29. The summed E-state index contributed by atoms with van der Waals surface area (Å²) in [5.41, 5.74) is 3.67. The van der Waals surface area contributed by atoms with Crippen molar-refractivity contribution in [3.8, 4) is 27.6 Å². The number of carbonyl (C=O) groups is 1. The van der Waals surface area contributed by atoms with Crippen LogP contribution in [0.15, 0.2) is 54.7 Å². The Morgan fingerprint density at radius 2 is 1.70 bits per heavy atom. The third-order valence-electron chi connectivity index (χ3n) is 6.33. The number of likely N-dealkylation sites (tertiary alicyclic amines) is 1. The number of ether oxygens (including phenoxy) is 1. The Kier molecular flexibility index (Phi) is 5.86. The fraction of sp³-hybridized carbons (Fsp3) is 0.320. The molecule has 0 atom stereocenters. The normalized spacial score (nSPS) is 14.8. The lowest BCUT2D eigenvalue weighted by Crippen LogP contribution is -2.44. The van der Waals surface area contributed by atoms with Crippen LogP contribution >= 0.6 is 11.3 Å². The molecule has 2 aromatic carbocycles. The maximum atomic E-state index is 12.9. The molecule has 2 aromatic heterocycles. The summed E-state index contributed by atoms with van der Waals surface area (Å²) in [6.07, 6.45) is 3.88. The second-order valence-electron chi connectivity index (χ2n) is 8.54. The molecule has 3 heterocycles. The van der Waals surface area contributed by atoms with E-state index in [1.165, 1.54) is 11.3 Å². The van der Waals surface area contributed by atoms with Crippen molar-refractivity contribution in [2.75, 3.05) is 34.3 Å². The number of amides is 1. The number of carbonyl (C=O) groups excluding carboxylic acids is 1. The van der Waals surface area contributed by atoms with E-state index in [4.69, 9.17) is 9.84 Å². The molecule has 5 rings (SSSR count). The summed E-state index contributed by atoms with van der Waals surface area (Å²) in [6, 6.07) is 16.2. The summed E-state index contributed by atoms with van der Waals surface area (Å²) in [7, 11) is 5.87. The molecule has 0 saturated carbocycles. The Morgan fingerprint density at radius 3 is 2.33 bits per heavy atom. The predicted octanol–water partition coefficient (Wildman–Crippen LogP) is 4.30. The molecular formula is C25H27N5O2S. The van der Waals surface area contributed by atoms with E-state index in [0.717, 1.165) is 64.0 Å². The number of aromatic nitrogens is 3. The standard InChI is InChI=1S/C25H27N5O2S/c1-28(2)20-12-14-29(15-13-20)24(31)19-6-4-18(5-7-19)23-27-30-22(16-26-25(30)33-23)17-8-10-21(32-3)11-9-17/h4-11,16,20H,12-15H2,1-3H3. The lowest BCUT2D eigenvalue weighted by atomic mass is 10.0. The van der Waals surface area contributed by atoms with Crippen LogP contribution in [0.25, 0.3) is 26.8 Å². The van der Waals surface area contributed by atoms with E-state index in [2.05, 4.69) is 24.0 Å². The molecule has 0 bridgehead atoms. The van der Waals surface area contributed by atoms with E-state index >= 15 is 0 Å². The monoisotopic (exact) mass is 461 g/mol. The van der Waals surface area contributed by atoms with Crippen molar-refractivity contribution < 1.29 is 9.53 Å². The largest absolute Gasteiger partial charge is 0.497 e. The first-order chi connectivity index (χ1) is 16.0. The lowest BCUT2D eigenvalue weighted by molar-refractivity contribution is 0.0663. The van der Waals surface area contributed by atoms with Gasteiger partial charge in [0.2, 0.25) is 4.96 Å².